The molecule has 0 aromatic heterocycles. The number of nitrogen functional groups attached to an aromatic ring is 1. The van der Waals surface area contributed by atoms with Crippen LogP contribution in [-0.2, 0) is 0 Å². The fraction of sp³-hybridized carbons (Fsp3) is 0. The van der Waals surface area contributed by atoms with E-state index in [1.54, 1.807) is 24.3 Å². The van der Waals surface area contributed by atoms with Gasteiger partial charge in [0.05, 0.1) is 5.56 Å². The van der Waals surface area contributed by atoms with Gasteiger partial charge in [-0.05, 0) is 42.5 Å². The molecule has 0 unspecified atom stereocenters. The Labute approximate surface area is 98.3 Å². The lowest BCUT2D eigenvalue weighted by atomic mass is 10.2. The van der Waals surface area contributed by atoms with Crippen LogP contribution < -0.4 is 11.1 Å². The molecule has 3 N–H and O–H groups in total. The maximum atomic E-state index is 13.1. The van der Waals surface area contributed by atoms with Gasteiger partial charge >= 0.3 is 0 Å². The van der Waals surface area contributed by atoms with Gasteiger partial charge in [0.25, 0.3) is 0 Å². The minimum Gasteiger partial charge on any atom is -0.399 e. The van der Waals surface area contributed by atoms with E-state index in [9.17, 15) is 4.39 Å². The number of nitrogens with zero attached hydrogens (tertiary/aromatic N) is 1. The molecular weight excluding hydrogens is 217 g/mol. The molecule has 0 amide bonds. The Kier molecular flexibility index (Phi) is 2.93. The minimum atomic E-state index is -0.518. The topological polar surface area (TPSA) is 61.8 Å². The number of hydrogen-bond donors (Lipinski definition) is 2. The van der Waals surface area contributed by atoms with E-state index in [1.807, 2.05) is 12.1 Å². The van der Waals surface area contributed by atoms with Crippen LogP contribution in [-0.4, -0.2) is 0 Å². The van der Waals surface area contributed by atoms with Gasteiger partial charge in [-0.25, -0.2) is 4.39 Å². The SMILES string of the molecule is N#Cc1cc(Nc2ccc(N)cc2)ccc1F. The lowest BCUT2D eigenvalue weighted by Gasteiger charge is -2.07. The first-order valence-electron chi connectivity index (χ1n) is 5.01. The highest BCUT2D eigenvalue weighted by atomic mass is 19.1. The van der Waals surface area contributed by atoms with E-state index in [2.05, 4.69) is 5.32 Å². The van der Waals surface area contributed by atoms with Gasteiger partial charge < -0.3 is 11.1 Å². The largest absolute Gasteiger partial charge is 0.399 e. The molecule has 3 nitrogen and oxygen atoms in total. The molecule has 0 fully saturated rings. The molecule has 0 atom stereocenters. The number of anilines is 3. The number of rotatable bonds is 2. The normalized spacial score (nSPS) is 9.65. The van der Waals surface area contributed by atoms with E-state index in [-0.39, 0.29) is 5.56 Å². The molecule has 2 rings (SSSR count). The molecule has 0 heterocycles. The van der Waals surface area contributed by atoms with Crippen molar-refractivity contribution >= 4 is 17.1 Å². The molecule has 0 saturated carbocycles. The maximum absolute atomic E-state index is 13.1. The van der Waals surface area contributed by atoms with Crippen LogP contribution in [0.5, 0.6) is 0 Å². The summed E-state index contributed by atoms with van der Waals surface area (Å²) < 4.78 is 13.1. The zero-order valence-corrected chi connectivity index (χ0v) is 8.94. The van der Waals surface area contributed by atoms with Gasteiger partial charge in [-0.15, -0.1) is 0 Å². The molecule has 0 aliphatic rings. The summed E-state index contributed by atoms with van der Waals surface area (Å²) in [6.07, 6.45) is 0. The molecule has 0 aliphatic heterocycles. The van der Waals surface area contributed by atoms with Gasteiger partial charge in [-0.3, -0.25) is 0 Å². The summed E-state index contributed by atoms with van der Waals surface area (Å²) in [7, 11) is 0. The van der Waals surface area contributed by atoms with Crippen molar-refractivity contribution in [1.82, 2.24) is 0 Å². The zero-order chi connectivity index (χ0) is 12.3. The van der Waals surface area contributed by atoms with E-state index < -0.39 is 5.82 Å². The van der Waals surface area contributed by atoms with E-state index in [0.29, 0.717) is 11.4 Å². The van der Waals surface area contributed by atoms with Crippen molar-refractivity contribution in [3.05, 3.63) is 53.8 Å². The first-order chi connectivity index (χ1) is 8.19. The van der Waals surface area contributed by atoms with Gasteiger partial charge in [-0.2, -0.15) is 5.26 Å². The summed E-state index contributed by atoms with van der Waals surface area (Å²) in [5.41, 5.74) is 7.75. The Bertz CT molecular complexity index is 570. The van der Waals surface area contributed by atoms with Crippen LogP contribution in [0.1, 0.15) is 5.56 Å². The summed E-state index contributed by atoms with van der Waals surface area (Å²) in [5, 5.41) is 11.8. The van der Waals surface area contributed by atoms with Gasteiger partial charge in [0.15, 0.2) is 0 Å². The minimum absolute atomic E-state index is 0.0189. The molecule has 2 aromatic rings. The fourth-order valence-electron chi connectivity index (χ4n) is 1.42. The first kappa shape index (κ1) is 11.0. The van der Waals surface area contributed by atoms with E-state index in [1.165, 1.54) is 12.1 Å². The molecule has 0 radical (unpaired) electrons. The highest BCUT2D eigenvalue weighted by molar-refractivity contribution is 5.63. The second-order valence-corrected chi connectivity index (χ2v) is 3.55. The van der Waals surface area contributed by atoms with Crippen LogP contribution in [0.3, 0.4) is 0 Å². The zero-order valence-electron chi connectivity index (χ0n) is 8.94. The number of benzene rings is 2. The van der Waals surface area contributed by atoms with Gasteiger partial charge in [0.1, 0.15) is 11.9 Å². The molecule has 4 heteroatoms. The first-order valence-corrected chi connectivity index (χ1v) is 5.01. The van der Waals surface area contributed by atoms with Gasteiger partial charge in [0.2, 0.25) is 0 Å². The molecular formula is C13H10FN3. The number of halogens is 1. The van der Waals surface area contributed by atoms with Crippen molar-refractivity contribution in [3.8, 4) is 6.07 Å². The van der Waals surface area contributed by atoms with Crippen LogP contribution in [0.2, 0.25) is 0 Å². The summed E-state index contributed by atoms with van der Waals surface area (Å²) in [5.74, 6) is -0.518. The quantitative estimate of drug-likeness (QED) is 0.775. The van der Waals surface area contributed by atoms with Crippen molar-refractivity contribution in [2.45, 2.75) is 0 Å². The predicted octanol–water partition coefficient (Wildman–Crippen LogP) is 3.02. The van der Waals surface area contributed by atoms with Crippen LogP contribution in [0, 0.1) is 17.1 Å². The molecule has 0 bridgehead atoms. The maximum Gasteiger partial charge on any atom is 0.141 e. The standard InChI is InChI=1S/C13H10FN3/c14-13-6-5-12(7-9(13)8-15)17-11-3-1-10(16)2-4-11/h1-7,17H,16H2. The smallest absolute Gasteiger partial charge is 0.141 e. The van der Waals surface area contributed by atoms with Gasteiger partial charge in [0, 0.05) is 17.1 Å². The van der Waals surface area contributed by atoms with Crippen molar-refractivity contribution in [1.29, 1.82) is 5.26 Å². The fourth-order valence-corrected chi connectivity index (χ4v) is 1.42. The van der Waals surface area contributed by atoms with E-state index in [0.717, 1.165) is 5.69 Å². The molecule has 0 saturated heterocycles. The molecule has 17 heavy (non-hydrogen) atoms. The number of nitriles is 1. The van der Waals surface area contributed by atoms with Crippen LogP contribution in [0.4, 0.5) is 21.5 Å². The third kappa shape index (κ3) is 2.52. The van der Waals surface area contributed by atoms with E-state index >= 15 is 0 Å². The summed E-state index contributed by atoms with van der Waals surface area (Å²) in [4.78, 5) is 0. The highest BCUT2D eigenvalue weighted by Crippen LogP contribution is 2.20. The summed E-state index contributed by atoms with van der Waals surface area (Å²) in [6.45, 7) is 0. The van der Waals surface area contributed by atoms with Crippen LogP contribution >= 0.6 is 0 Å². The second kappa shape index (κ2) is 4.54. The van der Waals surface area contributed by atoms with Crippen molar-refractivity contribution in [2.75, 3.05) is 11.1 Å². The lowest BCUT2D eigenvalue weighted by molar-refractivity contribution is 0.624. The number of nitrogens with one attached hydrogen (secondary N) is 1. The number of hydrogen-bond acceptors (Lipinski definition) is 3. The third-order valence-corrected chi connectivity index (χ3v) is 2.29. The molecule has 2 aromatic carbocycles. The van der Waals surface area contributed by atoms with E-state index in [4.69, 9.17) is 11.0 Å². The third-order valence-electron chi connectivity index (χ3n) is 2.29. The van der Waals surface area contributed by atoms with Crippen molar-refractivity contribution in [2.24, 2.45) is 0 Å². The molecule has 0 aliphatic carbocycles. The average Bonchev–Trinajstić information content (AvgIpc) is 2.34. The Morgan fingerprint density at radius 2 is 1.71 bits per heavy atom. The average molecular weight is 227 g/mol. The predicted molar refractivity (Wildman–Crippen MR) is 65.3 cm³/mol. The lowest BCUT2D eigenvalue weighted by Crippen LogP contribution is -1.93. The number of nitrogens with two attached hydrogens (primary N) is 1. The Morgan fingerprint density at radius 3 is 2.35 bits per heavy atom. The highest BCUT2D eigenvalue weighted by Gasteiger charge is 2.02. The summed E-state index contributed by atoms with van der Waals surface area (Å²) in [6, 6.07) is 13.2. The van der Waals surface area contributed by atoms with Crippen LogP contribution in [0.25, 0.3) is 0 Å². The van der Waals surface area contributed by atoms with Crippen molar-refractivity contribution in [3.63, 3.8) is 0 Å². The molecule has 0 spiro atoms. The molecule has 84 valence electrons. The Balaban J connectivity index is 2.25. The van der Waals surface area contributed by atoms with Crippen LogP contribution in [0.15, 0.2) is 42.5 Å². The Hall–Kier alpha value is -2.54. The summed E-state index contributed by atoms with van der Waals surface area (Å²) >= 11 is 0. The second-order valence-electron chi connectivity index (χ2n) is 3.55. The monoisotopic (exact) mass is 227 g/mol. The Morgan fingerprint density at radius 1 is 1.06 bits per heavy atom. The van der Waals surface area contributed by atoms with Gasteiger partial charge in [-0.1, -0.05) is 0 Å². The van der Waals surface area contributed by atoms with Crippen molar-refractivity contribution < 1.29 is 4.39 Å².